The largest absolute Gasteiger partial charge is 0.484 e. The van der Waals surface area contributed by atoms with Crippen LogP contribution in [0.2, 0.25) is 0 Å². The van der Waals surface area contributed by atoms with E-state index in [9.17, 15) is 9.90 Å². The smallest absolute Gasteiger partial charge is 0.410 e. The maximum absolute atomic E-state index is 13.5. The standard InChI is InChI=1S/C27H36N2O4/c1-26(2,3)33-25(31)29(17-14-19-10-6-4-7-11-19)23-21-13-12-20(28)18-22(21)32-27(24(23)30)15-8-5-9-16-27/h4,6-7,10-13,18,23-24,30H,5,8-9,14-17,28H2,1-3H3. The van der Waals surface area contributed by atoms with Gasteiger partial charge in [0, 0.05) is 23.9 Å². The number of aliphatic hydroxyl groups excluding tert-OH is 1. The first kappa shape index (κ1) is 23.4. The van der Waals surface area contributed by atoms with Crippen LogP contribution in [0.5, 0.6) is 5.75 Å². The van der Waals surface area contributed by atoms with Gasteiger partial charge in [0.1, 0.15) is 23.1 Å². The number of hydrogen-bond donors (Lipinski definition) is 2. The third-order valence-electron chi connectivity index (χ3n) is 6.66. The molecule has 0 aromatic heterocycles. The maximum atomic E-state index is 13.5. The van der Waals surface area contributed by atoms with E-state index in [0.717, 1.165) is 43.2 Å². The SMILES string of the molecule is CC(C)(C)OC(=O)N(CCc1ccccc1)C1c2ccc(N)cc2OC2(CCCCC2)C1O. The molecule has 0 radical (unpaired) electrons. The van der Waals surface area contributed by atoms with Crippen LogP contribution in [0.3, 0.4) is 0 Å². The second kappa shape index (κ2) is 9.26. The number of amides is 1. The van der Waals surface area contributed by atoms with E-state index in [1.165, 1.54) is 0 Å². The molecule has 6 heteroatoms. The van der Waals surface area contributed by atoms with Crippen LogP contribution in [0.15, 0.2) is 48.5 Å². The Morgan fingerprint density at radius 2 is 1.85 bits per heavy atom. The summed E-state index contributed by atoms with van der Waals surface area (Å²) in [5.41, 5.74) is 7.21. The zero-order chi connectivity index (χ0) is 23.6. The molecule has 2 atom stereocenters. The predicted octanol–water partition coefficient (Wildman–Crippen LogP) is 5.25. The number of carbonyl (C=O) groups is 1. The fourth-order valence-corrected chi connectivity index (χ4v) is 5.07. The third-order valence-corrected chi connectivity index (χ3v) is 6.66. The number of anilines is 1. The molecule has 33 heavy (non-hydrogen) atoms. The summed E-state index contributed by atoms with van der Waals surface area (Å²) in [5, 5.41) is 11.8. The highest BCUT2D eigenvalue weighted by Crippen LogP contribution is 2.49. The highest BCUT2D eigenvalue weighted by Gasteiger charge is 2.52. The Balaban J connectivity index is 1.74. The van der Waals surface area contributed by atoms with Crippen molar-refractivity contribution in [3.63, 3.8) is 0 Å². The molecule has 3 N–H and O–H groups in total. The summed E-state index contributed by atoms with van der Waals surface area (Å²) in [4.78, 5) is 15.2. The molecule has 0 bridgehead atoms. The Morgan fingerprint density at radius 3 is 2.52 bits per heavy atom. The maximum Gasteiger partial charge on any atom is 0.410 e. The number of carbonyl (C=O) groups excluding carboxylic acids is 1. The molecule has 1 fully saturated rings. The molecule has 1 spiro atoms. The summed E-state index contributed by atoms with van der Waals surface area (Å²) < 4.78 is 12.3. The van der Waals surface area contributed by atoms with E-state index in [-0.39, 0.29) is 0 Å². The van der Waals surface area contributed by atoms with Gasteiger partial charge in [0.2, 0.25) is 0 Å². The number of hydrogen-bond acceptors (Lipinski definition) is 5. The van der Waals surface area contributed by atoms with Gasteiger partial charge in [-0.15, -0.1) is 0 Å². The monoisotopic (exact) mass is 452 g/mol. The number of aliphatic hydroxyl groups is 1. The number of nitrogens with two attached hydrogens (primary N) is 1. The number of nitrogens with zero attached hydrogens (tertiary/aromatic N) is 1. The summed E-state index contributed by atoms with van der Waals surface area (Å²) in [6.07, 6.45) is 3.95. The first-order valence-electron chi connectivity index (χ1n) is 12.0. The highest BCUT2D eigenvalue weighted by molar-refractivity contribution is 5.70. The van der Waals surface area contributed by atoms with E-state index >= 15 is 0 Å². The molecule has 1 aliphatic carbocycles. The molecular formula is C27H36N2O4. The molecule has 1 heterocycles. The average molecular weight is 453 g/mol. The molecule has 178 valence electrons. The van der Waals surface area contributed by atoms with E-state index in [1.807, 2.05) is 63.2 Å². The van der Waals surface area contributed by atoms with Gasteiger partial charge in [-0.1, -0.05) is 42.8 Å². The van der Waals surface area contributed by atoms with Crippen molar-refractivity contribution >= 4 is 11.8 Å². The quantitative estimate of drug-likeness (QED) is 0.619. The van der Waals surface area contributed by atoms with Gasteiger partial charge in [-0.3, -0.25) is 4.90 Å². The molecule has 6 nitrogen and oxygen atoms in total. The molecule has 2 unspecified atom stereocenters. The average Bonchev–Trinajstić information content (AvgIpc) is 2.76. The minimum absolute atomic E-state index is 0.417. The second-order valence-corrected chi connectivity index (χ2v) is 10.3. The lowest BCUT2D eigenvalue weighted by atomic mass is 9.74. The lowest BCUT2D eigenvalue weighted by molar-refractivity contribution is -0.127. The van der Waals surface area contributed by atoms with E-state index in [4.69, 9.17) is 15.2 Å². The topological polar surface area (TPSA) is 85.0 Å². The first-order chi connectivity index (χ1) is 15.7. The number of rotatable bonds is 4. The summed E-state index contributed by atoms with van der Waals surface area (Å²) in [5.74, 6) is 0.653. The van der Waals surface area contributed by atoms with Gasteiger partial charge in [-0.25, -0.2) is 4.79 Å². The summed E-state index contributed by atoms with van der Waals surface area (Å²) >= 11 is 0. The van der Waals surface area contributed by atoms with Crippen molar-refractivity contribution in [3.05, 3.63) is 59.7 Å². The molecule has 2 aliphatic rings. The van der Waals surface area contributed by atoms with Crippen LogP contribution >= 0.6 is 0 Å². The third kappa shape index (κ3) is 5.11. The van der Waals surface area contributed by atoms with Crippen LogP contribution in [0.4, 0.5) is 10.5 Å². The van der Waals surface area contributed by atoms with Crippen LogP contribution < -0.4 is 10.5 Å². The molecule has 1 saturated carbocycles. The van der Waals surface area contributed by atoms with Crippen molar-refractivity contribution in [2.45, 2.75) is 82.6 Å². The van der Waals surface area contributed by atoms with Crippen LogP contribution in [-0.2, 0) is 11.2 Å². The molecule has 4 rings (SSSR count). The van der Waals surface area contributed by atoms with Crippen molar-refractivity contribution in [2.75, 3.05) is 12.3 Å². The molecule has 0 saturated heterocycles. The summed E-state index contributed by atoms with van der Waals surface area (Å²) in [7, 11) is 0. The zero-order valence-corrected chi connectivity index (χ0v) is 19.9. The summed E-state index contributed by atoms with van der Waals surface area (Å²) in [6, 6.07) is 15.0. The van der Waals surface area contributed by atoms with Gasteiger partial charge < -0.3 is 20.3 Å². The van der Waals surface area contributed by atoms with Gasteiger partial charge in [0.25, 0.3) is 0 Å². The van der Waals surface area contributed by atoms with Crippen LogP contribution in [0.25, 0.3) is 0 Å². The van der Waals surface area contributed by atoms with E-state index in [1.54, 1.807) is 11.0 Å². The van der Waals surface area contributed by atoms with E-state index in [2.05, 4.69) is 0 Å². The number of fused-ring (bicyclic) bond motifs is 1. The number of benzene rings is 2. The fourth-order valence-electron chi connectivity index (χ4n) is 5.07. The molecule has 1 aliphatic heterocycles. The van der Waals surface area contributed by atoms with Gasteiger partial charge in [0.15, 0.2) is 0 Å². The Labute approximate surface area is 196 Å². The van der Waals surface area contributed by atoms with Crippen molar-refractivity contribution < 1.29 is 19.4 Å². The first-order valence-corrected chi connectivity index (χ1v) is 12.0. The fraction of sp³-hybridized carbons (Fsp3) is 0.519. The van der Waals surface area contributed by atoms with Gasteiger partial charge in [0.05, 0.1) is 6.04 Å². The summed E-state index contributed by atoms with van der Waals surface area (Å²) in [6.45, 7) is 5.99. The van der Waals surface area contributed by atoms with Crippen molar-refractivity contribution in [1.29, 1.82) is 0 Å². The minimum Gasteiger partial charge on any atom is -0.484 e. The number of nitrogen functional groups attached to an aromatic ring is 1. The predicted molar refractivity (Wildman–Crippen MR) is 129 cm³/mol. The lowest BCUT2D eigenvalue weighted by Gasteiger charge is -2.50. The van der Waals surface area contributed by atoms with Crippen molar-refractivity contribution in [3.8, 4) is 5.75 Å². The highest BCUT2D eigenvalue weighted by atomic mass is 16.6. The minimum atomic E-state index is -0.864. The van der Waals surface area contributed by atoms with Gasteiger partial charge >= 0.3 is 6.09 Å². The van der Waals surface area contributed by atoms with Gasteiger partial charge in [-0.05, 0) is 64.5 Å². The Morgan fingerprint density at radius 1 is 1.15 bits per heavy atom. The van der Waals surface area contributed by atoms with Crippen molar-refractivity contribution in [1.82, 2.24) is 4.90 Å². The lowest BCUT2D eigenvalue weighted by Crippen LogP contribution is -2.59. The number of ether oxygens (including phenoxy) is 2. The van der Waals surface area contributed by atoms with E-state index in [0.29, 0.717) is 24.4 Å². The zero-order valence-electron chi connectivity index (χ0n) is 19.9. The van der Waals surface area contributed by atoms with E-state index < -0.39 is 29.4 Å². The normalized spacial score (nSPS) is 21.7. The second-order valence-electron chi connectivity index (χ2n) is 10.3. The Bertz CT molecular complexity index is 964. The molecular weight excluding hydrogens is 416 g/mol. The van der Waals surface area contributed by atoms with Crippen LogP contribution in [0.1, 0.15) is 70.0 Å². The Kier molecular flexibility index (Phi) is 6.57. The van der Waals surface area contributed by atoms with Crippen LogP contribution in [0, 0.1) is 0 Å². The molecule has 1 amide bonds. The van der Waals surface area contributed by atoms with Crippen molar-refractivity contribution in [2.24, 2.45) is 0 Å². The molecule has 2 aromatic rings. The van der Waals surface area contributed by atoms with Crippen LogP contribution in [-0.4, -0.2) is 40.0 Å². The molecule has 2 aromatic carbocycles. The van der Waals surface area contributed by atoms with Gasteiger partial charge in [-0.2, -0.15) is 0 Å². The Hall–Kier alpha value is -2.73.